The molecule has 0 radical (unpaired) electrons. The molecule has 0 fully saturated rings. The van der Waals surface area contributed by atoms with Crippen LogP contribution in [0.25, 0.3) is 11.3 Å². The second kappa shape index (κ2) is 6.54. The fourth-order valence-electron chi connectivity index (χ4n) is 1.76. The van der Waals surface area contributed by atoms with Crippen LogP contribution in [0.3, 0.4) is 0 Å². The van der Waals surface area contributed by atoms with E-state index >= 15 is 0 Å². The van der Waals surface area contributed by atoms with Gasteiger partial charge in [-0.25, -0.2) is 4.98 Å². The number of methoxy groups -OCH3 is 2. The Morgan fingerprint density at radius 1 is 1.26 bits per heavy atom. The highest BCUT2D eigenvalue weighted by atomic mass is 32.1. The van der Waals surface area contributed by atoms with Crippen LogP contribution >= 0.6 is 11.3 Å². The highest BCUT2D eigenvalue weighted by Crippen LogP contribution is 2.33. The summed E-state index contributed by atoms with van der Waals surface area (Å²) in [5, 5.41) is 6.40. The Morgan fingerprint density at radius 2 is 2.11 bits per heavy atom. The number of nitrogens with one attached hydrogen (secondary N) is 1. The Balaban J connectivity index is 2.27. The molecule has 1 aromatic heterocycles. The number of rotatable bonds is 6. The summed E-state index contributed by atoms with van der Waals surface area (Å²) in [6, 6.07) is 5.77. The summed E-state index contributed by atoms with van der Waals surface area (Å²) in [7, 11) is 3.30. The molecule has 0 saturated carbocycles. The fourth-order valence-corrected chi connectivity index (χ4v) is 2.52. The van der Waals surface area contributed by atoms with Gasteiger partial charge in [0, 0.05) is 23.6 Å². The van der Waals surface area contributed by atoms with Gasteiger partial charge in [-0.2, -0.15) is 0 Å². The Labute approximate surface area is 117 Å². The number of benzene rings is 1. The monoisotopic (exact) mass is 278 g/mol. The zero-order valence-electron chi connectivity index (χ0n) is 11.4. The number of hydrogen-bond acceptors (Lipinski definition) is 5. The third-order valence-corrected chi connectivity index (χ3v) is 3.61. The van der Waals surface area contributed by atoms with Crippen LogP contribution in [-0.4, -0.2) is 25.7 Å². The van der Waals surface area contributed by atoms with E-state index in [4.69, 9.17) is 9.47 Å². The van der Waals surface area contributed by atoms with Gasteiger partial charge in [0.05, 0.1) is 19.9 Å². The molecule has 102 valence electrons. The van der Waals surface area contributed by atoms with Crippen LogP contribution in [-0.2, 0) is 6.54 Å². The first kappa shape index (κ1) is 13.8. The van der Waals surface area contributed by atoms with Gasteiger partial charge in [-0.15, -0.1) is 11.3 Å². The SMILES string of the molecule is CCNCc1nc(-c2ccc(OC)cc2OC)cs1. The molecule has 2 aromatic rings. The molecule has 0 bridgehead atoms. The highest BCUT2D eigenvalue weighted by Gasteiger charge is 2.11. The van der Waals surface area contributed by atoms with E-state index in [1.165, 1.54) is 0 Å². The molecule has 0 aliphatic heterocycles. The average Bonchev–Trinajstić information content (AvgIpc) is 2.92. The van der Waals surface area contributed by atoms with E-state index < -0.39 is 0 Å². The molecule has 0 unspecified atom stereocenters. The van der Waals surface area contributed by atoms with Gasteiger partial charge in [-0.1, -0.05) is 6.92 Å². The topological polar surface area (TPSA) is 43.4 Å². The molecule has 1 aromatic carbocycles. The summed E-state index contributed by atoms with van der Waals surface area (Å²) in [4.78, 5) is 4.62. The molecule has 5 heteroatoms. The number of thiazole rings is 1. The van der Waals surface area contributed by atoms with E-state index in [0.29, 0.717) is 0 Å². The molecule has 4 nitrogen and oxygen atoms in total. The van der Waals surface area contributed by atoms with Gasteiger partial charge >= 0.3 is 0 Å². The predicted molar refractivity (Wildman–Crippen MR) is 78.0 cm³/mol. The van der Waals surface area contributed by atoms with E-state index in [9.17, 15) is 0 Å². The summed E-state index contributed by atoms with van der Waals surface area (Å²) in [6.45, 7) is 3.83. The van der Waals surface area contributed by atoms with E-state index in [1.54, 1.807) is 25.6 Å². The van der Waals surface area contributed by atoms with Crippen molar-refractivity contribution in [3.63, 3.8) is 0 Å². The summed E-state index contributed by atoms with van der Waals surface area (Å²) in [5.74, 6) is 1.56. The molecule has 0 amide bonds. The van der Waals surface area contributed by atoms with Crippen LogP contribution in [0.4, 0.5) is 0 Å². The van der Waals surface area contributed by atoms with E-state index in [2.05, 4.69) is 22.6 Å². The van der Waals surface area contributed by atoms with Crippen LogP contribution in [0.15, 0.2) is 23.6 Å². The van der Waals surface area contributed by atoms with Gasteiger partial charge in [0.2, 0.25) is 0 Å². The lowest BCUT2D eigenvalue weighted by atomic mass is 10.1. The van der Waals surface area contributed by atoms with Crippen molar-refractivity contribution in [3.8, 4) is 22.8 Å². The molecule has 2 rings (SSSR count). The Hall–Kier alpha value is -1.59. The molecule has 0 aliphatic rings. The largest absolute Gasteiger partial charge is 0.497 e. The van der Waals surface area contributed by atoms with Crippen LogP contribution in [0.5, 0.6) is 11.5 Å². The van der Waals surface area contributed by atoms with E-state index in [0.717, 1.165) is 40.9 Å². The quantitative estimate of drug-likeness (QED) is 0.882. The van der Waals surface area contributed by atoms with Gasteiger partial charge in [0.25, 0.3) is 0 Å². The Bertz CT molecular complexity index is 540. The van der Waals surface area contributed by atoms with E-state index in [-0.39, 0.29) is 0 Å². The van der Waals surface area contributed by atoms with Crippen molar-refractivity contribution in [1.29, 1.82) is 0 Å². The smallest absolute Gasteiger partial charge is 0.131 e. The Kier molecular flexibility index (Phi) is 4.76. The summed E-state index contributed by atoms with van der Waals surface area (Å²) in [5.41, 5.74) is 1.93. The Morgan fingerprint density at radius 3 is 2.79 bits per heavy atom. The maximum Gasteiger partial charge on any atom is 0.131 e. The molecule has 0 atom stereocenters. The maximum absolute atomic E-state index is 5.40. The normalized spacial score (nSPS) is 10.5. The first-order valence-corrected chi connectivity index (χ1v) is 7.04. The van der Waals surface area contributed by atoms with Gasteiger partial charge in [-0.3, -0.25) is 0 Å². The second-order valence-corrected chi connectivity index (χ2v) is 4.92. The molecule has 19 heavy (non-hydrogen) atoms. The molecular formula is C14H18N2O2S. The molecule has 0 aliphatic carbocycles. The lowest BCUT2D eigenvalue weighted by molar-refractivity contribution is 0.395. The van der Waals surface area contributed by atoms with Gasteiger partial charge in [0.1, 0.15) is 16.5 Å². The van der Waals surface area contributed by atoms with Crippen molar-refractivity contribution in [2.75, 3.05) is 20.8 Å². The highest BCUT2D eigenvalue weighted by molar-refractivity contribution is 7.09. The molecule has 1 heterocycles. The average molecular weight is 278 g/mol. The first-order valence-electron chi connectivity index (χ1n) is 6.16. The number of aromatic nitrogens is 1. The van der Waals surface area contributed by atoms with Crippen molar-refractivity contribution < 1.29 is 9.47 Å². The number of nitrogens with zero attached hydrogens (tertiary/aromatic N) is 1. The van der Waals surface area contributed by atoms with Crippen molar-refractivity contribution >= 4 is 11.3 Å². The number of ether oxygens (including phenoxy) is 2. The minimum Gasteiger partial charge on any atom is -0.497 e. The zero-order chi connectivity index (χ0) is 13.7. The van der Waals surface area contributed by atoms with Crippen LogP contribution in [0, 0.1) is 0 Å². The predicted octanol–water partition coefficient (Wildman–Crippen LogP) is 2.94. The van der Waals surface area contributed by atoms with Crippen LogP contribution < -0.4 is 14.8 Å². The van der Waals surface area contributed by atoms with Crippen LogP contribution in [0.2, 0.25) is 0 Å². The van der Waals surface area contributed by atoms with Crippen molar-refractivity contribution in [1.82, 2.24) is 10.3 Å². The van der Waals surface area contributed by atoms with Gasteiger partial charge in [-0.05, 0) is 18.7 Å². The third kappa shape index (κ3) is 3.24. The second-order valence-electron chi connectivity index (χ2n) is 3.97. The fraction of sp³-hybridized carbons (Fsp3) is 0.357. The summed E-state index contributed by atoms with van der Waals surface area (Å²) >= 11 is 1.65. The molecule has 1 N–H and O–H groups in total. The zero-order valence-corrected chi connectivity index (χ0v) is 12.2. The molecule has 0 saturated heterocycles. The van der Waals surface area contributed by atoms with Crippen molar-refractivity contribution in [3.05, 3.63) is 28.6 Å². The standard InChI is InChI=1S/C14H18N2O2S/c1-4-15-8-14-16-12(9-19-14)11-6-5-10(17-2)7-13(11)18-3/h5-7,9,15H,4,8H2,1-3H3. The van der Waals surface area contributed by atoms with E-state index in [1.807, 2.05) is 18.2 Å². The van der Waals surface area contributed by atoms with Crippen molar-refractivity contribution in [2.45, 2.75) is 13.5 Å². The molecular weight excluding hydrogens is 260 g/mol. The maximum atomic E-state index is 5.40. The van der Waals surface area contributed by atoms with Crippen molar-refractivity contribution in [2.24, 2.45) is 0 Å². The summed E-state index contributed by atoms with van der Waals surface area (Å²) < 4.78 is 10.6. The van der Waals surface area contributed by atoms with Gasteiger partial charge < -0.3 is 14.8 Å². The third-order valence-electron chi connectivity index (χ3n) is 2.76. The van der Waals surface area contributed by atoms with Gasteiger partial charge in [0.15, 0.2) is 0 Å². The number of hydrogen-bond donors (Lipinski definition) is 1. The summed E-state index contributed by atoms with van der Waals surface area (Å²) in [6.07, 6.45) is 0. The minimum absolute atomic E-state index is 0.777. The lowest BCUT2D eigenvalue weighted by Crippen LogP contribution is -2.11. The van der Waals surface area contributed by atoms with Crippen LogP contribution in [0.1, 0.15) is 11.9 Å². The first-order chi connectivity index (χ1) is 9.28. The minimum atomic E-state index is 0.777. The molecule has 0 spiro atoms. The lowest BCUT2D eigenvalue weighted by Gasteiger charge is -2.08.